The van der Waals surface area contributed by atoms with Crippen molar-refractivity contribution in [3.8, 4) is 0 Å². The van der Waals surface area contributed by atoms with Gasteiger partial charge in [-0.2, -0.15) is 13.2 Å². The summed E-state index contributed by atoms with van der Waals surface area (Å²) in [6.45, 7) is 7.40. The van der Waals surface area contributed by atoms with E-state index in [4.69, 9.17) is 10.5 Å². The number of ether oxygens (including phenoxy) is 1. The van der Waals surface area contributed by atoms with Crippen LogP contribution in [0.5, 0.6) is 0 Å². The van der Waals surface area contributed by atoms with Crippen molar-refractivity contribution in [2.75, 3.05) is 0 Å². The number of carbonyl (C=O) groups excluding carboxylic acids is 3. The molecule has 0 heterocycles. The summed E-state index contributed by atoms with van der Waals surface area (Å²) in [5.74, 6) is -1.78. The number of primary amides is 1. The molecule has 28 heavy (non-hydrogen) atoms. The van der Waals surface area contributed by atoms with Crippen LogP contribution in [0.25, 0.3) is 0 Å². The fraction of sp³-hybridized carbons (Fsp3) is 0.500. The van der Waals surface area contributed by atoms with E-state index in [2.05, 4.69) is 10.6 Å². The molecule has 1 aromatic carbocycles. The number of alkyl halides is 3. The molecular weight excluding hydrogens is 379 g/mol. The fourth-order valence-corrected chi connectivity index (χ4v) is 2.06. The van der Waals surface area contributed by atoms with E-state index in [1.807, 2.05) is 0 Å². The second-order valence-electron chi connectivity index (χ2n) is 7.68. The van der Waals surface area contributed by atoms with Gasteiger partial charge in [-0.1, -0.05) is 12.1 Å². The average molecular weight is 403 g/mol. The fourth-order valence-electron chi connectivity index (χ4n) is 2.06. The second kappa shape index (κ2) is 8.07. The van der Waals surface area contributed by atoms with Gasteiger partial charge in [0, 0.05) is 0 Å². The molecule has 0 fully saturated rings. The van der Waals surface area contributed by atoms with E-state index in [1.165, 1.54) is 19.9 Å². The molecule has 0 aliphatic rings. The van der Waals surface area contributed by atoms with Crippen LogP contribution in [0, 0.1) is 0 Å². The van der Waals surface area contributed by atoms with Crippen LogP contribution in [0.1, 0.15) is 51.8 Å². The van der Waals surface area contributed by atoms with Crippen molar-refractivity contribution in [2.24, 2.45) is 5.73 Å². The van der Waals surface area contributed by atoms with Gasteiger partial charge in [0.05, 0.1) is 5.56 Å². The smallest absolute Gasteiger partial charge is 0.416 e. The molecule has 156 valence electrons. The molecule has 0 spiro atoms. The Kier molecular flexibility index (Phi) is 6.71. The Labute approximate surface area is 160 Å². The average Bonchev–Trinajstić information content (AvgIpc) is 2.49. The Morgan fingerprint density at radius 1 is 1.07 bits per heavy atom. The first-order valence-electron chi connectivity index (χ1n) is 8.31. The lowest BCUT2D eigenvalue weighted by Gasteiger charge is -2.28. The van der Waals surface area contributed by atoms with Gasteiger partial charge in [-0.3, -0.25) is 9.59 Å². The van der Waals surface area contributed by atoms with Crippen LogP contribution in [0.3, 0.4) is 0 Å². The van der Waals surface area contributed by atoms with Crippen LogP contribution < -0.4 is 16.4 Å². The lowest BCUT2D eigenvalue weighted by molar-refractivity contribution is -0.137. The number of hydrogen-bond acceptors (Lipinski definition) is 4. The van der Waals surface area contributed by atoms with Crippen LogP contribution >= 0.6 is 0 Å². The Balaban J connectivity index is 3.27. The first-order chi connectivity index (χ1) is 12.5. The second-order valence-corrected chi connectivity index (χ2v) is 7.68. The van der Waals surface area contributed by atoms with Gasteiger partial charge < -0.3 is 21.1 Å². The van der Waals surface area contributed by atoms with Crippen molar-refractivity contribution in [2.45, 2.75) is 58.0 Å². The zero-order chi connectivity index (χ0) is 21.9. The van der Waals surface area contributed by atoms with E-state index in [0.717, 1.165) is 18.2 Å². The summed E-state index contributed by atoms with van der Waals surface area (Å²) in [7, 11) is 0. The molecule has 0 saturated heterocycles. The Morgan fingerprint density at radius 2 is 1.64 bits per heavy atom. The lowest BCUT2D eigenvalue weighted by Crippen LogP contribution is -2.56. The van der Waals surface area contributed by atoms with Gasteiger partial charge in [-0.05, 0) is 52.3 Å². The predicted octanol–water partition coefficient (Wildman–Crippen LogP) is 2.65. The molecule has 1 unspecified atom stereocenters. The summed E-state index contributed by atoms with van der Waals surface area (Å²) < 4.78 is 44.1. The number of alkyl carbamates (subject to hydrolysis) is 1. The quantitative estimate of drug-likeness (QED) is 0.702. The number of nitrogens with two attached hydrogens (primary N) is 1. The van der Waals surface area contributed by atoms with Gasteiger partial charge in [0.15, 0.2) is 0 Å². The molecule has 0 saturated carbocycles. The maximum atomic E-state index is 13.0. The van der Waals surface area contributed by atoms with Gasteiger partial charge in [0.25, 0.3) is 0 Å². The highest BCUT2D eigenvalue weighted by molar-refractivity contribution is 5.93. The van der Waals surface area contributed by atoms with Crippen molar-refractivity contribution in [3.63, 3.8) is 0 Å². The van der Waals surface area contributed by atoms with E-state index in [-0.39, 0.29) is 5.56 Å². The van der Waals surface area contributed by atoms with Crippen molar-refractivity contribution in [3.05, 3.63) is 35.4 Å². The molecule has 0 aliphatic carbocycles. The molecular formula is C18H24F3N3O4. The summed E-state index contributed by atoms with van der Waals surface area (Å²) in [6, 6.07) is 2.37. The normalized spacial score (nSPS) is 13.4. The standard InChI is InChI=1S/C18H24F3N3O4/c1-16(2,3)28-15(27)23-12(13(25)24-17(4,5)14(22)26)10-7-6-8-11(9-10)18(19,20)21/h6-9,12H,1-5H3,(H2,22,26)(H,23,27)(H,24,25). The zero-order valence-electron chi connectivity index (χ0n) is 16.2. The number of nitrogens with one attached hydrogen (secondary N) is 2. The maximum Gasteiger partial charge on any atom is 0.416 e. The minimum absolute atomic E-state index is 0.140. The minimum Gasteiger partial charge on any atom is -0.444 e. The highest BCUT2D eigenvalue weighted by atomic mass is 19.4. The van der Waals surface area contributed by atoms with Crippen LogP contribution in [0.2, 0.25) is 0 Å². The molecule has 0 radical (unpaired) electrons. The third-order valence-corrected chi connectivity index (χ3v) is 3.52. The van der Waals surface area contributed by atoms with E-state index >= 15 is 0 Å². The lowest BCUT2D eigenvalue weighted by atomic mass is 10.00. The Hall–Kier alpha value is -2.78. The molecule has 1 aromatic rings. The SMILES string of the molecule is CC(C)(C)OC(=O)NC(C(=O)NC(C)(C)C(N)=O)c1cccc(C(F)(F)F)c1. The predicted molar refractivity (Wildman–Crippen MR) is 95.0 cm³/mol. The first-order valence-corrected chi connectivity index (χ1v) is 8.31. The highest BCUT2D eigenvalue weighted by Gasteiger charge is 2.35. The van der Waals surface area contributed by atoms with E-state index in [0.29, 0.717) is 0 Å². The van der Waals surface area contributed by atoms with Gasteiger partial charge in [-0.15, -0.1) is 0 Å². The van der Waals surface area contributed by atoms with Crippen LogP contribution in [0.15, 0.2) is 24.3 Å². The molecule has 0 aromatic heterocycles. The minimum atomic E-state index is -4.64. The van der Waals surface area contributed by atoms with Crippen LogP contribution in [0.4, 0.5) is 18.0 Å². The Bertz CT molecular complexity index is 755. The van der Waals surface area contributed by atoms with Crippen molar-refractivity contribution >= 4 is 17.9 Å². The largest absolute Gasteiger partial charge is 0.444 e. The number of hydrogen-bond donors (Lipinski definition) is 3. The number of amides is 3. The van der Waals surface area contributed by atoms with Crippen molar-refractivity contribution in [1.82, 2.24) is 10.6 Å². The van der Waals surface area contributed by atoms with Crippen molar-refractivity contribution in [1.29, 1.82) is 0 Å². The van der Waals surface area contributed by atoms with Gasteiger partial charge in [0.2, 0.25) is 11.8 Å². The molecule has 0 bridgehead atoms. The monoisotopic (exact) mass is 403 g/mol. The number of rotatable bonds is 5. The highest BCUT2D eigenvalue weighted by Crippen LogP contribution is 2.31. The molecule has 0 aliphatic heterocycles. The summed E-state index contributed by atoms with van der Waals surface area (Å²) in [5, 5.41) is 4.55. The maximum absolute atomic E-state index is 13.0. The number of benzene rings is 1. The third-order valence-electron chi connectivity index (χ3n) is 3.52. The molecule has 1 atom stereocenters. The van der Waals surface area contributed by atoms with Crippen LogP contribution in [-0.2, 0) is 20.5 Å². The molecule has 10 heteroatoms. The molecule has 1 rings (SSSR count). The summed E-state index contributed by atoms with van der Waals surface area (Å²) in [4.78, 5) is 36.2. The number of halogens is 3. The molecule has 7 nitrogen and oxygen atoms in total. The molecule has 4 N–H and O–H groups in total. The first kappa shape index (κ1) is 23.3. The molecule has 3 amide bonds. The van der Waals surface area contributed by atoms with E-state index < -0.39 is 46.8 Å². The summed E-state index contributed by atoms with van der Waals surface area (Å²) in [6.07, 6.45) is -5.66. The van der Waals surface area contributed by atoms with E-state index in [9.17, 15) is 27.6 Å². The third kappa shape index (κ3) is 6.75. The Morgan fingerprint density at radius 3 is 2.11 bits per heavy atom. The van der Waals surface area contributed by atoms with Crippen LogP contribution in [-0.4, -0.2) is 29.0 Å². The van der Waals surface area contributed by atoms with Gasteiger partial charge >= 0.3 is 12.3 Å². The topological polar surface area (TPSA) is 111 Å². The van der Waals surface area contributed by atoms with Gasteiger partial charge in [0.1, 0.15) is 17.2 Å². The summed E-state index contributed by atoms with van der Waals surface area (Å²) in [5.41, 5.74) is 1.68. The van der Waals surface area contributed by atoms with E-state index in [1.54, 1.807) is 20.8 Å². The zero-order valence-corrected chi connectivity index (χ0v) is 16.2. The number of carbonyl (C=O) groups is 3. The van der Waals surface area contributed by atoms with Gasteiger partial charge in [-0.25, -0.2) is 4.79 Å². The van der Waals surface area contributed by atoms with Crippen molar-refractivity contribution < 1.29 is 32.3 Å². The summed E-state index contributed by atoms with van der Waals surface area (Å²) >= 11 is 0.